The molecule has 1 saturated carbocycles. The smallest absolute Gasteiger partial charge is 0.0327 e. The van der Waals surface area contributed by atoms with Crippen molar-refractivity contribution in [2.75, 3.05) is 13.1 Å². The third-order valence-corrected chi connectivity index (χ3v) is 5.57. The highest BCUT2D eigenvalue weighted by atomic mass is 32.1. The molecule has 2 atom stereocenters. The molecule has 0 saturated heterocycles. The van der Waals surface area contributed by atoms with Crippen LogP contribution in [0.1, 0.15) is 44.9 Å². The van der Waals surface area contributed by atoms with E-state index in [0.29, 0.717) is 17.4 Å². The molecule has 1 aliphatic rings. The van der Waals surface area contributed by atoms with E-state index >= 15 is 0 Å². The van der Waals surface area contributed by atoms with Crippen LogP contribution in [0, 0.1) is 11.3 Å². The van der Waals surface area contributed by atoms with Gasteiger partial charge in [-0.15, -0.1) is 11.3 Å². The summed E-state index contributed by atoms with van der Waals surface area (Å²) in [5.41, 5.74) is 6.82. The maximum Gasteiger partial charge on any atom is 0.0327 e. The van der Waals surface area contributed by atoms with E-state index in [1.165, 1.54) is 24.1 Å². The molecule has 19 heavy (non-hydrogen) atoms. The maximum atomic E-state index is 6.51. The summed E-state index contributed by atoms with van der Waals surface area (Å²) in [7, 11) is 0. The van der Waals surface area contributed by atoms with E-state index in [1.54, 1.807) is 0 Å². The van der Waals surface area contributed by atoms with Gasteiger partial charge in [0.25, 0.3) is 0 Å². The summed E-state index contributed by atoms with van der Waals surface area (Å²) in [6, 6.07) is 4.72. The van der Waals surface area contributed by atoms with Gasteiger partial charge in [-0.05, 0) is 42.2 Å². The van der Waals surface area contributed by atoms with Crippen LogP contribution in [0.25, 0.3) is 0 Å². The van der Waals surface area contributed by atoms with E-state index in [1.807, 2.05) is 11.3 Å². The molecule has 1 aromatic rings. The second-order valence-corrected chi connectivity index (χ2v) is 7.61. The molecule has 2 nitrogen and oxygen atoms in total. The fourth-order valence-electron chi connectivity index (χ4n) is 3.27. The fraction of sp³-hybridized carbons (Fsp3) is 0.750. The lowest BCUT2D eigenvalue weighted by Gasteiger charge is -2.43. The minimum atomic E-state index is 0.311. The number of nitrogens with two attached hydrogens (primary N) is 1. The highest BCUT2D eigenvalue weighted by Gasteiger charge is 2.36. The Morgan fingerprint density at radius 1 is 1.47 bits per heavy atom. The summed E-state index contributed by atoms with van der Waals surface area (Å²) in [5.74, 6) is 0.656. The molecular weight excluding hydrogens is 252 g/mol. The first kappa shape index (κ1) is 15.0. The summed E-state index contributed by atoms with van der Waals surface area (Å²) in [4.78, 5) is 4.02. The van der Waals surface area contributed by atoms with E-state index in [2.05, 4.69) is 43.2 Å². The standard InChI is InChI=1S/C16H28N2S/c1-4-18(12-14-8-6-10-19-14)11-13-7-5-9-16(2,3)15(13)17/h6,8,10,13,15H,4-5,7,9,11-12,17H2,1-3H3. The monoisotopic (exact) mass is 280 g/mol. The Morgan fingerprint density at radius 2 is 2.26 bits per heavy atom. The summed E-state index contributed by atoms with van der Waals surface area (Å²) >= 11 is 1.86. The van der Waals surface area contributed by atoms with Crippen LogP contribution >= 0.6 is 11.3 Å². The minimum Gasteiger partial charge on any atom is -0.327 e. The first-order valence-electron chi connectivity index (χ1n) is 7.53. The lowest BCUT2D eigenvalue weighted by Crippen LogP contribution is -2.50. The zero-order valence-electron chi connectivity index (χ0n) is 12.6. The largest absolute Gasteiger partial charge is 0.327 e. The first-order chi connectivity index (χ1) is 9.03. The summed E-state index contributed by atoms with van der Waals surface area (Å²) < 4.78 is 0. The lowest BCUT2D eigenvalue weighted by atomic mass is 9.68. The molecule has 0 aliphatic heterocycles. The topological polar surface area (TPSA) is 29.3 Å². The Morgan fingerprint density at radius 3 is 2.89 bits per heavy atom. The molecule has 2 unspecified atom stereocenters. The average Bonchev–Trinajstić information content (AvgIpc) is 2.86. The molecule has 1 aliphatic carbocycles. The van der Waals surface area contributed by atoms with Crippen molar-refractivity contribution in [2.24, 2.45) is 17.1 Å². The molecule has 1 aromatic heterocycles. The molecule has 2 rings (SSSR count). The third kappa shape index (κ3) is 3.80. The molecule has 0 spiro atoms. The van der Waals surface area contributed by atoms with Crippen molar-refractivity contribution in [2.45, 2.75) is 52.6 Å². The zero-order chi connectivity index (χ0) is 13.9. The van der Waals surface area contributed by atoms with Crippen molar-refractivity contribution in [1.29, 1.82) is 0 Å². The number of thiophene rings is 1. The van der Waals surface area contributed by atoms with Crippen molar-refractivity contribution in [1.82, 2.24) is 4.90 Å². The van der Waals surface area contributed by atoms with E-state index in [9.17, 15) is 0 Å². The van der Waals surface area contributed by atoms with Gasteiger partial charge in [-0.1, -0.05) is 33.3 Å². The normalized spacial score (nSPS) is 26.8. The van der Waals surface area contributed by atoms with Gasteiger partial charge >= 0.3 is 0 Å². The zero-order valence-corrected chi connectivity index (χ0v) is 13.4. The van der Waals surface area contributed by atoms with Crippen LogP contribution in [0.15, 0.2) is 17.5 Å². The maximum absolute atomic E-state index is 6.51. The highest BCUT2D eigenvalue weighted by Crippen LogP contribution is 2.38. The van der Waals surface area contributed by atoms with Crippen molar-refractivity contribution < 1.29 is 0 Å². The van der Waals surface area contributed by atoms with E-state index in [-0.39, 0.29) is 0 Å². The molecule has 108 valence electrons. The van der Waals surface area contributed by atoms with Crippen molar-refractivity contribution in [3.05, 3.63) is 22.4 Å². The molecule has 2 N–H and O–H groups in total. The van der Waals surface area contributed by atoms with Gasteiger partial charge in [0.05, 0.1) is 0 Å². The first-order valence-corrected chi connectivity index (χ1v) is 8.41. The molecular formula is C16H28N2S. The Hall–Kier alpha value is -0.380. The molecule has 0 bridgehead atoms. The molecule has 0 radical (unpaired) electrons. The third-order valence-electron chi connectivity index (χ3n) is 4.71. The quantitative estimate of drug-likeness (QED) is 0.890. The fourth-order valence-corrected chi connectivity index (χ4v) is 4.02. The average molecular weight is 280 g/mol. The summed E-state index contributed by atoms with van der Waals surface area (Å²) in [5, 5.41) is 2.17. The molecule has 1 fully saturated rings. The van der Waals surface area contributed by atoms with Crippen LogP contribution in [0.4, 0.5) is 0 Å². The van der Waals surface area contributed by atoms with Gasteiger partial charge in [-0.3, -0.25) is 4.90 Å². The summed E-state index contributed by atoms with van der Waals surface area (Å²) in [6.07, 6.45) is 3.91. The number of hydrogen-bond donors (Lipinski definition) is 1. The minimum absolute atomic E-state index is 0.311. The van der Waals surface area contributed by atoms with Gasteiger partial charge in [0, 0.05) is 24.0 Å². The Labute approximate surface area is 122 Å². The molecule has 0 amide bonds. The second-order valence-electron chi connectivity index (χ2n) is 6.57. The van der Waals surface area contributed by atoms with E-state index in [4.69, 9.17) is 5.73 Å². The van der Waals surface area contributed by atoms with Crippen LogP contribution in [0.3, 0.4) is 0 Å². The van der Waals surface area contributed by atoms with Gasteiger partial charge in [0.2, 0.25) is 0 Å². The summed E-state index contributed by atoms with van der Waals surface area (Å²) in [6.45, 7) is 10.3. The Balaban J connectivity index is 1.94. The van der Waals surface area contributed by atoms with Crippen molar-refractivity contribution >= 4 is 11.3 Å². The van der Waals surface area contributed by atoms with E-state index < -0.39 is 0 Å². The van der Waals surface area contributed by atoms with Crippen molar-refractivity contribution in [3.63, 3.8) is 0 Å². The van der Waals surface area contributed by atoms with Gasteiger partial charge in [0.1, 0.15) is 0 Å². The second kappa shape index (κ2) is 6.38. The van der Waals surface area contributed by atoms with Gasteiger partial charge in [0.15, 0.2) is 0 Å². The number of nitrogens with zero attached hydrogens (tertiary/aromatic N) is 1. The SMILES string of the molecule is CCN(Cc1cccs1)CC1CCCC(C)(C)C1N. The number of hydrogen-bond acceptors (Lipinski definition) is 3. The van der Waals surface area contributed by atoms with Crippen LogP contribution in [0.2, 0.25) is 0 Å². The predicted octanol–water partition coefficient (Wildman–Crippen LogP) is 3.72. The van der Waals surface area contributed by atoms with Crippen LogP contribution < -0.4 is 5.73 Å². The molecule has 3 heteroatoms. The van der Waals surface area contributed by atoms with Crippen LogP contribution in [-0.2, 0) is 6.54 Å². The van der Waals surface area contributed by atoms with Crippen LogP contribution in [-0.4, -0.2) is 24.0 Å². The Kier molecular flexibility index (Phi) is 5.04. The molecule has 0 aromatic carbocycles. The van der Waals surface area contributed by atoms with Gasteiger partial charge in [-0.2, -0.15) is 0 Å². The molecule has 1 heterocycles. The number of rotatable bonds is 5. The lowest BCUT2D eigenvalue weighted by molar-refractivity contribution is 0.102. The predicted molar refractivity (Wildman–Crippen MR) is 84.4 cm³/mol. The van der Waals surface area contributed by atoms with Gasteiger partial charge < -0.3 is 5.73 Å². The highest BCUT2D eigenvalue weighted by molar-refractivity contribution is 7.09. The van der Waals surface area contributed by atoms with E-state index in [0.717, 1.165) is 19.6 Å². The van der Waals surface area contributed by atoms with Crippen molar-refractivity contribution in [3.8, 4) is 0 Å². The van der Waals surface area contributed by atoms with Gasteiger partial charge in [-0.25, -0.2) is 0 Å². The Bertz CT molecular complexity index is 372. The van der Waals surface area contributed by atoms with Crippen LogP contribution in [0.5, 0.6) is 0 Å².